The fourth-order valence-electron chi connectivity index (χ4n) is 0.950. The van der Waals surface area contributed by atoms with Gasteiger partial charge < -0.3 is 4.74 Å². The van der Waals surface area contributed by atoms with Gasteiger partial charge in [0.2, 0.25) is 0 Å². The van der Waals surface area contributed by atoms with Crippen LogP contribution < -0.4 is 0 Å². The van der Waals surface area contributed by atoms with Crippen LogP contribution >= 0.6 is 0 Å². The van der Waals surface area contributed by atoms with E-state index in [1.54, 1.807) is 20.8 Å². The number of carbonyl (C=O) groups is 1. The van der Waals surface area contributed by atoms with Gasteiger partial charge in [0, 0.05) is 0 Å². The molecule has 0 unspecified atom stereocenters. The molecule has 90 valence electrons. The molecule has 0 N–H and O–H groups in total. The van der Waals surface area contributed by atoms with Crippen molar-refractivity contribution in [2.45, 2.75) is 45.8 Å². The van der Waals surface area contributed by atoms with E-state index in [0.29, 0.717) is 0 Å². The van der Waals surface area contributed by atoms with E-state index in [1.807, 2.05) is 0 Å². The summed E-state index contributed by atoms with van der Waals surface area (Å²) in [5.41, 5.74) is -0.568. The fraction of sp³-hybridized carbons (Fsp3) is 0.889. The number of hydrogen-bond donors (Lipinski definition) is 0. The summed E-state index contributed by atoms with van der Waals surface area (Å²) in [5.74, 6) is -0.473. The zero-order chi connectivity index (χ0) is 12.3. The zero-order valence-corrected chi connectivity index (χ0v) is 10.6. The molecule has 0 bridgehead atoms. The highest BCUT2D eigenvalue weighted by Gasteiger charge is 2.20. The van der Waals surface area contributed by atoms with Crippen LogP contribution in [-0.2, 0) is 23.8 Å². The minimum atomic E-state index is -3.52. The first kappa shape index (κ1) is 14.4. The molecule has 6 heteroatoms. The first-order valence-corrected chi connectivity index (χ1v) is 6.41. The van der Waals surface area contributed by atoms with Gasteiger partial charge in [-0.05, 0) is 27.7 Å². The van der Waals surface area contributed by atoms with Gasteiger partial charge in [0.1, 0.15) is 5.60 Å². The number of ether oxygens (including phenoxy) is 1. The van der Waals surface area contributed by atoms with Crippen molar-refractivity contribution < 1.29 is 22.1 Å². The predicted molar refractivity (Wildman–Crippen MR) is 55.9 cm³/mol. The summed E-state index contributed by atoms with van der Waals surface area (Å²) in [4.78, 5) is 11.3. The first-order chi connectivity index (χ1) is 6.49. The maximum atomic E-state index is 11.3. The number of hydrogen-bond acceptors (Lipinski definition) is 5. The largest absolute Gasteiger partial charge is 0.460 e. The fourth-order valence-corrected chi connectivity index (χ4v) is 1.62. The van der Waals surface area contributed by atoms with Crippen molar-refractivity contribution in [3.63, 3.8) is 0 Å². The summed E-state index contributed by atoms with van der Waals surface area (Å²) < 4.78 is 31.1. The smallest absolute Gasteiger partial charge is 0.308 e. The van der Waals surface area contributed by atoms with E-state index in [-0.39, 0.29) is 6.42 Å². The molecule has 0 aromatic heterocycles. The third kappa shape index (κ3) is 9.68. The standard InChI is InChI=1S/C9H18O5S/c1-7(14-15(5,11)12)6-8(10)13-9(2,3)4/h7H,6H2,1-5H3/t7-/m1/s1. The van der Waals surface area contributed by atoms with Crippen molar-refractivity contribution in [3.05, 3.63) is 0 Å². The molecule has 0 saturated heterocycles. The highest BCUT2D eigenvalue weighted by atomic mass is 32.2. The van der Waals surface area contributed by atoms with Crippen LogP contribution in [0.5, 0.6) is 0 Å². The number of esters is 1. The molecule has 0 spiro atoms. The lowest BCUT2D eigenvalue weighted by Gasteiger charge is -2.20. The van der Waals surface area contributed by atoms with Gasteiger partial charge in [-0.25, -0.2) is 0 Å². The van der Waals surface area contributed by atoms with Crippen molar-refractivity contribution in [2.75, 3.05) is 6.26 Å². The Morgan fingerprint density at radius 3 is 2.13 bits per heavy atom. The molecule has 0 radical (unpaired) electrons. The predicted octanol–water partition coefficient (Wildman–Crippen LogP) is 1.08. The normalized spacial score (nSPS) is 14.7. The Balaban J connectivity index is 4.09. The van der Waals surface area contributed by atoms with Crippen molar-refractivity contribution in [3.8, 4) is 0 Å². The molecule has 0 amide bonds. The average molecular weight is 238 g/mol. The molecule has 0 fully saturated rings. The van der Waals surface area contributed by atoms with Gasteiger partial charge in [0.05, 0.1) is 18.8 Å². The second kappa shape index (κ2) is 4.94. The number of rotatable bonds is 4. The lowest BCUT2D eigenvalue weighted by molar-refractivity contribution is -0.156. The Morgan fingerprint density at radius 2 is 1.80 bits per heavy atom. The lowest BCUT2D eigenvalue weighted by Crippen LogP contribution is -2.27. The van der Waals surface area contributed by atoms with Crippen molar-refractivity contribution >= 4 is 16.1 Å². The summed E-state index contributed by atoms with van der Waals surface area (Å²) in [7, 11) is -3.52. The van der Waals surface area contributed by atoms with E-state index in [0.717, 1.165) is 6.26 Å². The van der Waals surface area contributed by atoms with Crippen molar-refractivity contribution in [2.24, 2.45) is 0 Å². The number of carbonyl (C=O) groups excluding carboxylic acids is 1. The van der Waals surface area contributed by atoms with E-state index in [4.69, 9.17) is 4.74 Å². The molecule has 0 aromatic carbocycles. The molecule has 1 atom stereocenters. The van der Waals surface area contributed by atoms with Crippen LogP contribution in [0.25, 0.3) is 0 Å². The minimum Gasteiger partial charge on any atom is -0.460 e. The summed E-state index contributed by atoms with van der Waals surface area (Å²) in [6, 6.07) is 0. The summed E-state index contributed by atoms with van der Waals surface area (Å²) in [5, 5.41) is 0. The Labute approximate surface area is 90.9 Å². The molecule has 0 heterocycles. The Hall–Kier alpha value is -0.620. The second-order valence-corrected chi connectivity index (χ2v) is 6.00. The van der Waals surface area contributed by atoms with E-state index in [2.05, 4.69) is 4.18 Å². The topological polar surface area (TPSA) is 69.7 Å². The quantitative estimate of drug-likeness (QED) is 0.541. The monoisotopic (exact) mass is 238 g/mol. The van der Waals surface area contributed by atoms with E-state index in [9.17, 15) is 13.2 Å². The molecular formula is C9H18O5S. The second-order valence-electron chi connectivity index (χ2n) is 4.40. The third-order valence-corrected chi connectivity index (χ3v) is 1.89. The van der Waals surface area contributed by atoms with E-state index >= 15 is 0 Å². The van der Waals surface area contributed by atoms with E-state index in [1.165, 1.54) is 6.92 Å². The highest BCUT2D eigenvalue weighted by Crippen LogP contribution is 2.11. The third-order valence-electron chi connectivity index (χ3n) is 1.21. The SMILES string of the molecule is C[C@H](CC(=O)OC(C)(C)C)OS(C)(=O)=O. The van der Waals surface area contributed by atoms with E-state index < -0.39 is 27.8 Å². The van der Waals surface area contributed by atoms with Gasteiger partial charge in [0.15, 0.2) is 0 Å². The van der Waals surface area contributed by atoms with Gasteiger partial charge in [-0.2, -0.15) is 8.42 Å². The molecule has 0 aliphatic heterocycles. The Bertz CT molecular complexity index is 312. The van der Waals surface area contributed by atoms with Crippen LogP contribution in [0.15, 0.2) is 0 Å². The average Bonchev–Trinajstić information content (AvgIpc) is 1.73. The highest BCUT2D eigenvalue weighted by molar-refractivity contribution is 7.86. The van der Waals surface area contributed by atoms with Gasteiger partial charge in [0.25, 0.3) is 10.1 Å². The summed E-state index contributed by atoms with van der Waals surface area (Å²) in [6.07, 6.45) is 0.165. The van der Waals surface area contributed by atoms with Crippen LogP contribution in [0.1, 0.15) is 34.1 Å². The molecule has 15 heavy (non-hydrogen) atoms. The maximum Gasteiger partial charge on any atom is 0.308 e. The van der Waals surface area contributed by atoms with Crippen LogP contribution in [0.4, 0.5) is 0 Å². The maximum absolute atomic E-state index is 11.3. The van der Waals surface area contributed by atoms with Gasteiger partial charge in [-0.15, -0.1) is 0 Å². The molecule has 0 aromatic rings. The van der Waals surface area contributed by atoms with Crippen LogP contribution in [0.3, 0.4) is 0 Å². The van der Waals surface area contributed by atoms with Crippen LogP contribution in [0, 0.1) is 0 Å². The van der Waals surface area contributed by atoms with Crippen molar-refractivity contribution in [1.29, 1.82) is 0 Å². The molecule has 0 saturated carbocycles. The zero-order valence-electron chi connectivity index (χ0n) is 9.73. The molecule has 0 aliphatic carbocycles. The molecule has 0 aliphatic rings. The van der Waals surface area contributed by atoms with Crippen LogP contribution in [-0.4, -0.2) is 32.3 Å². The van der Waals surface area contributed by atoms with Crippen LogP contribution in [0.2, 0.25) is 0 Å². The minimum absolute atomic E-state index is 0.0790. The lowest BCUT2D eigenvalue weighted by atomic mass is 10.2. The molecule has 5 nitrogen and oxygen atoms in total. The Morgan fingerprint density at radius 1 is 1.33 bits per heavy atom. The van der Waals surface area contributed by atoms with Gasteiger partial charge in [-0.3, -0.25) is 8.98 Å². The Kier molecular flexibility index (Phi) is 4.73. The first-order valence-electron chi connectivity index (χ1n) is 4.60. The van der Waals surface area contributed by atoms with Gasteiger partial charge >= 0.3 is 5.97 Å². The summed E-state index contributed by atoms with van der Waals surface area (Å²) in [6.45, 7) is 6.73. The van der Waals surface area contributed by atoms with Crippen molar-refractivity contribution in [1.82, 2.24) is 0 Å². The molecule has 0 rings (SSSR count). The summed E-state index contributed by atoms with van der Waals surface area (Å²) >= 11 is 0. The van der Waals surface area contributed by atoms with Gasteiger partial charge in [-0.1, -0.05) is 0 Å². The molecular weight excluding hydrogens is 220 g/mol.